The van der Waals surface area contributed by atoms with Crippen LogP contribution in [0.5, 0.6) is 0 Å². The monoisotopic (exact) mass is 2040 g/mol. The van der Waals surface area contributed by atoms with Gasteiger partial charge in [0.25, 0.3) is 0 Å². The van der Waals surface area contributed by atoms with E-state index in [-0.39, 0.29) is 152 Å². The van der Waals surface area contributed by atoms with Crippen LogP contribution in [-0.4, -0.2) is 66.2 Å². The molecule has 0 saturated heterocycles. The first-order chi connectivity index (χ1) is 45.2. The molecule has 99 heavy (non-hydrogen) atoms. The molecule has 12 nitrogen and oxygen atoms in total. The molecule has 524 valence electrons. The summed E-state index contributed by atoms with van der Waals surface area (Å²) in [6.07, 6.45) is 3.97. The van der Waals surface area contributed by atoms with Gasteiger partial charge in [-0.3, -0.25) is 48.3 Å². The second-order valence-electron chi connectivity index (χ2n) is 23.1. The molecule has 0 unspecified atom stereocenters. The van der Waals surface area contributed by atoms with Crippen LogP contribution in [0.1, 0.15) is 129 Å². The van der Waals surface area contributed by atoms with Crippen molar-refractivity contribution in [2.75, 3.05) is 0 Å². The zero-order chi connectivity index (χ0) is 70.0. The topological polar surface area (TPSA) is 188 Å². The molecule has 4 radical (unpaired) electrons. The third-order valence-corrected chi connectivity index (χ3v) is 13.1. The molecule has 4 heterocycles. The second kappa shape index (κ2) is 48.6. The number of aromatic nitrogens is 4. The van der Waals surface area contributed by atoms with E-state index in [0.717, 1.165) is 67.2 Å². The molecule has 0 fully saturated rings. The summed E-state index contributed by atoms with van der Waals surface area (Å²) in [6.45, 7) is 24.0. The Morgan fingerprint density at radius 1 is 0.354 bits per heavy atom. The van der Waals surface area contributed by atoms with Crippen LogP contribution in [0, 0.1) is 52.0 Å². The van der Waals surface area contributed by atoms with Crippen molar-refractivity contribution in [1.29, 1.82) is 0 Å². The molecule has 0 bridgehead atoms. The van der Waals surface area contributed by atoms with Gasteiger partial charge in [-0.2, -0.15) is 0 Å². The van der Waals surface area contributed by atoms with E-state index in [4.69, 9.17) is 9.97 Å². The van der Waals surface area contributed by atoms with E-state index < -0.39 is 0 Å². The van der Waals surface area contributed by atoms with Gasteiger partial charge in [-0.15, -0.1) is 142 Å². The van der Waals surface area contributed by atoms with Crippen molar-refractivity contribution < 1.29 is 119 Å². The number of ketones is 8. The number of para-hydroxylation sites is 1. The number of rotatable bonds is 13. The minimum Gasteiger partial charge on any atom is -0.305 e. The van der Waals surface area contributed by atoms with Gasteiger partial charge < -0.3 is 9.97 Å². The molecule has 0 atom stereocenters. The third-order valence-electron chi connectivity index (χ3n) is 13.1. The zero-order valence-corrected chi connectivity index (χ0v) is 67.9. The number of carbonyl (C=O) groups is 8. The maximum atomic E-state index is 10.0. The van der Waals surface area contributed by atoms with Crippen LogP contribution in [0.15, 0.2) is 200 Å². The van der Waals surface area contributed by atoms with Crippen LogP contribution in [0.2, 0.25) is 0 Å². The van der Waals surface area contributed by atoms with Gasteiger partial charge in [0.05, 0.1) is 36.7 Å². The molecule has 16 heteroatoms. The molecule has 0 N–H and O–H groups in total. The molecular weight excluding hydrogens is 1950 g/mol. The molecule has 11 aromatic rings. The Hall–Kier alpha value is -8.12. The molecule has 4 aromatic heterocycles. The Balaban J connectivity index is 0.00000115. The molecule has 7 aromatic carbocycles. The molecule has 0 saturated carbocycles. The van der Waals surface area contributed by atoms with E-state index >= 15 is 0 Å². The van der Waals surface area contributed by atoms with Crippen LogP contribution in [0.4, 0.5) is 0 Å². The zero-order valence-electron chi connectivity index (χ0n) is 58.3. The fraction of sp³-hybridized carbons (Fsp3) is 0.229. The summed E-state index contributed by atoms with van der Waals surface area (Å²) in [5, 5.41) is 4.81. The van der Waals surface area contributed by atoms with Crippen LogP contribution in [-0.2, 0) is 119 Å². The van der Waals surface area contributed by atoms with Crippen molar-refractivity contribution in [3.63, 3.8) is 0 Å². The molecule has 0 aliphatic rings. The van der Waals surface area contributed by atoms with Crippen LogP contribution in [0.25, 0.3) is 77.6 Å². The third kappa shape index (κ3) is 35.5. The summed E-state index contributed by atoms with van der Waals surface area (Å²) >= 11 is 0. The van der Waals surface area contributed by atoms with Gasteiger partial charge in [0.15, 0.2) is 0 Å². The predicted molar refractivity (Wildman–Crippen MR) is 384 cm³/mol. The maximum absolute atomic E-state index is 10.0. The Labute approximate surface area is 638 Å². The average Bonchev–Trinajstić information content (AvgIpc) is 0.838. The van der Waals surface area contributed by atoms with E-state index in [0.29, 0.717) is 5.92 Å². The molecule has 0 aliphatic heterocycles. The van der Waals surface area contributed by atoms with Gasteiger partial charge in [0.2, 0.25) is 0 Å². The summed E-state index contributed by atoms with van der Waals surface area (Å²) in [7, 11) is 0. The van der Waals surface area contributed by atoms with Crippen molar-refractivity contribution >= 4 is 78.8 Å². The quantitative estimate of drug-likeness (QED) is 0.0786. The molecule has 11 rings (SSSR count). The number of hydrogen-bond donors (Lipinski definition) is 0. The van der Waals surface area contributed by atoms with E-state index in [1.165, 1.54) is 93.6 Å². The minimum atomic E-state index is -0.0625. The van der Waals surface area contributed by atoms with Crippen LogP contribution < -0.4 is 0 Å². The van der Waals surface area contributed by atoms with E-state index in [9.17, 15) is 38.4 Å². The number of benzene rings is 7. The first-order valence-corrected chi connectivity index (χ1v) is 31.1. The molecule has 0 amide bonds. The van der Waals surface area contributed by atoms with E-state index in [1.54, 1.807) is 6.20 Å². The fourth-order valence-corrected chi connectivity index (χ4v) is 9.47. The minimum absolute atomic E-state index is 0. The van der Waals surface area contributed by atoms with Crippen LogP contribution in [0.3, 0.4) is 0 Å². The normalized spacial score (nSPS) is 9.57. The van der Waals surface area contributed by atoms with Gasteiger partial charge in [0.1, 0.15) is 46.3 Å². The largest absolute Gasteiger partial charge is 0.305 e. The van der Waals surface area contributed by atoms with Gasteiger partial charge >= 0.3 is 0 Å². The second-order valence-corrected chi connectivity index (χ2v) is 23.1. The number of Topliss-reactive ketones (excluding diaryl/α,β-unsaturated/α-hetero) is 8. The van der Waals surface area contributed by atoms with Crippen molar-refractivity contribution in [3.05, 3.63) is 253 Å². The maximum Gasteiger partial charge on any atom is 0.137 e. The first kappa shape index (κ1) is 90.9. The molecule has 0 aliphatic carbocycles. The number of pyridine rings is 4. The van der Waals surface area contributed by atoms with E-state index in [2.05, 4.69) is 161 Å². The van der Waals surface area contributed by atoms with Gasteiger partial charge in [0, 0.05) is 98.2 Å². The van der Waals surface area contributed by atoms with Gasteiger partial charge in [-0.25, -0.2) is 0 Å². The summed E-state index contributed by atoms with van der Waals surface area (Å²) in [4.78, 5) is 98.5. The molecule has 0 spiro atoms. The number of hydrogen-bond acceptors (Lipinski definition) is 12. The van der Waals surface area contributed by atoms with Crippen molar-refractivity contribution in [2.45, 2.75) is 129 Å². The van der Waals surface area contributed by atoms with E-state index in [1.807, 2.05) is 109 Å². The summed E-state index contributed by atoms with van der Waals surface area (Å²) in [6, 6.07) is 76.6. The number of carbonyl (C=O) groups excluding carboxylic acids is 8. The Bertz CT molecular complexity index is 4140. The van der Waals surface area contributed by atoms with Crippen LogP contribution >= 0.6 is 0 Å². The van der Waals surface area contributed by atoms with Crippen molar-refractivity contribution in [1.82, 2.24) is 19.9 Å². The predicted octanol–water partition coefficient (Wildman–Crippen LogP) is 18.2. The smallest absolute Gasteiger partial charge is 0.137 e. The van der Waals surface area contributed by atoms with Crippen molar-refractivity contribution in [3.8, 4) is 45.0 Å². The SMILES string of the molecule is CC(=O)CC(C)=O.CC(=O)CC(C)=O.CC(=O)CC(C)=O.CC(=O)CC(C)=O.Cc1[c-]c(-c2ccc3c(C(C)C)cccc3n2)cc(C)c1.Cc1[c-]c(-c2ccc3ccccc3n2)cc(C)c1.[Ir].[Ir].[Ir].[Ir].[c-]1ccccc1-c1ccccn1.[c-]1ccccc1-c1nccc2ccccc12. The Kier molecular flexibility index (Phi) is 44.6. The average molecular weight is 2030 g/mol. The summed E-state index contributed by atoms with van der Waals surface area (Å²) in [5.41, 5.74) is 16.4. The Morgan fingerprint density at radius 2 is 0.778 bits per heavy atom. The Morgan fingerprint density at radius 3 is 1.21 bits per heavy atom. The summed E-state index contributed by atoms with van der Waals surface area (Å²) in [5.74, 6) is 0.00845. The van der Waals surface area contributed by atoms with Crippen molar-refractivity contribution in [2.24, 2.45) is 0 Å². The number of aryl methyl sites for hydroxylation is 4. The number of nitrogens with zero attached hydrogens (tertiary/aromatic N) is 4. The summed E-state index contributed by atoms with van der Waals surface area (Å²) < 4.78 is 0. The van der Waals surface area contributed by atoms with Gasteiger partial charge in [-0.1, -0.05) is 133 Å². The van der Waals surface area contributed by atoms with Gasteiger partial charge in [-0.05, 0) is 130 Å². The fourth-order valence-electron chi connectivity index (χ4n) is 9.47. The first-order valence-electron chi connectivity index (χ1n) is 31.1. The standard InChI is InChI=1S/C20H20N.C17H14N.C15H10N.C11H8N.4C5H8O2.4Ir/c1-13(2)17-6-5-7-20-18(17)8-9-19(21-20)16-11-14(3)10-15(4)12-16;1-12-9-13(2)11-15(10-12)17-8-7-14-5-3-4-6-16(14)18-17;1-2-7-13(8-3-1)15-14-9-5-4-6-12(14)10-11-16-15;1-2-6-10(7-3-1)11-8-4-5-9-12-11;4*1-4(6)3-5(2)7;;;;/h5-11,13H,1-4H3;3-10H,1-2H3;1-7,9-11H;1-6,8-9H;4*3H2,1-2H3;;;;/q4*-1;;;;;;;;. The molecular formula is C83H84Ir4N4O8-4. The number of fused-ring (bicyclic) bond motifs is 3.